The van der Waals surface area contributed by atoms with Gasteiger partial charge in [-0.05, 0) is 37.5 Å². The topological polar surface area (TPSA) is 92.8 Å². The predicted molar refractivity (Wildman–Crippen MR) is 122 cm³/mol. The van der Waals surface area contributed by atoms with Crippen molar-refractivity contribution in [3.63, 3.8) is 0 Å². The van der Waals surface area contributed by atoms with Crippen LogP contribution in [0.2, 0.25) is 0 Å². The minimum Gasteiger partial charge on any atom is -0.361 e. The van der Waals surface area contributed by atoms with Crippen molar-refractivity contribution >= 4 is 21.8 Å². The molecule has 5 rings (SSSR count). The summed E-state index contributed by atoms with van der Waals surface area (Å²) in [5.74, 6) is -1.95. The molecule has 0 unspecified atom stereocenters. The Morgan fingerprint density at radius 1 is 1.03 bits per heavy atom. The number of aryl methyl sites for hydroxylation is 3. The van der Waals surface area contributed by atoms with E-state index in [1.165, 1.54) is 4.90 Å². The van der Waals surface area contributed by atoms with Crippen molar-refractivity contribution in [1.82, 2.24) is 9.62 Å². The second kappa shape index (κ2) is 7.62. The number of rotatable bonds is 6. The molecule has 3 heterocycles. The van der Waals surface area contributed by atoms with E-state index in [-0.39, 0.29) is 29.8 Å². The average Bonchev–Trinajstić information content (AvgIpc) is 3.39. The van der Waals surface area contributed by atoms with Gasteiger partial charge in [0, 0.05) is 6.54 Å². The van der Waals surface area contributed by atoms with Gasteiger partial charge in [0.15, 0.2) is 0 Å². The maximum Gasteiger partial charge on any atom is 0.241 e. The van der Waals surface area contributed by atoms with Crippen LogP contribution in [0.3, 0.4) is 0 Å². The number of imide groups is 1. The van der Waals surface area contributed by atoms with Crippen LogP contribution in [0.5, 0.6) is 0 Å². The number of nitrogens with zero attached hydrogens (tertiary/aromatic N) is 1. The Hall–Kier alpha value is -2.81. The highest BCUT2D eigenvalue weighted by Crippen LogP contribution is 2.51. The maximum absolute atomic E-state index is 13.4. The van der Waals surface area contributed by atoms with Gasteiger partial charge in [-0.25, -0.2) is 13.1 Å². The summed E-state index contributed by atoms with van der Waals surface area (Å²) in [6, 6.07) is 13.0. The smallest absolute Gasteiger partial charge is 0.241 e. The lowest BCUT2D eigenvalue weighted by Gasteiger charge is -2.29. The third-order valence-corrected chi connectivity index (χ3v) is 8.55. The van der Waals surface area contributed by atoms with Crippen molar-refractivity contribution < 1.29 is 22.7 Å². The molecule has 0 aromatic heterocycles. The maximum atomic E-state index is 13.4. The first-order valence-electron chi connectivity index (χ1n) is 11.0. The van der Waals surface area contributed by atoms with E-state index in [2.05, 4.69) is 4.72 Å². The van der Waals surface area contributed by atoms with Crippen LogP contribution < -0.4 is 4.72 Å². The summed E-state index contributed by atoms with van der Waals surface area (Å²) < 4.78 is 35.1. The van der Waals surface area contributed by atoms with Gasteiger partial charge in [-0.15, -0.1) is 0 Å². The minimum atomic E-state index is -3.85. The molecule has 0 spiro atoms. The molecule has 0 aliphatic carbocycles. The van der Waals surface area contributed by atoms with Gasteiger partial charge in [0.1, 0.15) is 5.60 Å². The number of nitrogens with one attached hydrogen (secondary N) is 1. The van der Waals surface area contributed by atoms with Gasteiger partial charge in [-0.2, -0.15) is 0 Å². The number of likely N-dealkylation sites (tertiary alicyclic amines) is 1. The minimum absolute atomic E-state index is 0.117. The van der Waals surface area contributed by atoms with Crippen molar-refractivity contribution in [2.75, 3.05) is 6.54 Å². The Balaban J connectivity index is 1.40. The van der Waals surface area contributed by atoms with Gasteiger partial charge in [-0.1, -0.05) is 60.2 Å². The molecule has 172 valence electrons. The number of benzene rings is 2. The summed E-state index contributed by atoms with van der Waals surface area (Å²) in [6.45, 7) is 5.53. The van der Waals surface area contributed by atoms with Crippen LogP contribution >= 0.6 is 0 Å². The molecule has 2 aromatic carbocycles. The van der Waals surface area contributed by atoms with Gasteiger partial charge >= 0.3 is 0 Å². The molecule has 3 aliphatic rings. The van der Waals surface area contributed by atoms with Gasteiger partial charge in [0.05, 0.1) is 29.4 Å². The first kappa shape index (κ1) is 22.0. The fourth-order valence-electron chi connectivity index (χ4n) is 5.56. The lowest BCUT2D eigenvalue weighted by molar-refractivity contribution is -0.144. The second-order valence-corrected chi connectivity index (χ2v) is 10.9. The third kappa shape index (κ3) is 3.44. The number of carbonyl (C=O) groups is 2. The van der Waals surface area contributed by atoms with Crippen LogP contribution in [0.15, 0.2) is 59.5 Å². The average molecular weight is 467 g/mol. The predicted octanol–water partition coefficient (Wildman–Crippen LogP) is 2.40. The molecular formula is C25H26N2O5S. The Morgan fingerprint density at radius 3 is 2.36 bits per heavy atom. The number of carbonyl (C=O) groups excluding carboxylic acids is 2. The van der Waals surface area contributed by atoms with E-state index in [9.17, 15) is 18.0 Å². The number of hydrogen-bond acceptors (Lipinski definition) is 5. The molecule has 8 heteroatoms. The van der Waals surface area contributed by atoms with Crippen LogP contribution in [-0.2, 0) is 30.9 Å². The SMILES string of the molecule is Cc1cc(C)c(S(=O)(=O)NC[C@@]23C=C[C@H](O2)[C@H]2C(=O)N(Cc4ccccc4)C(=O)[C@@H]23)c(C)c1. The normalized spacial score (nSPS) is 28.1. The van der Waals surface area contributed by atoms with Crippen molar-refractivity contribution in [1.29, 1.82) is 0 Å². The van der Waals surface area contributed by atoms with E-state index in [0.717, 1.165) is 11.1 Å². The molecule has 2 amide bonds. The molecular weight excluding hydrogens is 440 g/mol. The molecule has 0 radical (unpaired) electrons. The van der Waals surface area contributed by atoms with Crippen molar-refractivity contribution in [3.8, 4) is 0 Å². The fourth-order valence-corrected chi connectivity index (χ4v) is 7.08. The molecule has 2 aromatic rings. The summed E-state index contributed by atoms with van der Waals surface area (Å²) in [5, 5.41) is 0. The highest BCUT2D eigenvalue weighted by molar-refractivity contribution is 7.89. The Morgan fingerprint density at radius 2 is 1.70 bits per heavy atom. The van der Waals surface area contributed by atoms with E-state index in [4.69, 9.17) is 4.74 Å². The van der Waals surface area contributed by atoms with E-state index in [1.807, 2.05) is 49.4 Å². The van der Waals surface area contributed by atoms with E-state index in [0.29, 0.717) is 11.1 Å². The number of amides is 2. The van der Waals surface area contributed by atoms with Crippen molar-refractivity contribution in [2.45, 2.75) is 43.9 Å². The van der Waals surface area contributed by atoms with Crippen LogP contribution in [0.25, 0.3) is 0 Å². The number of sulfonamides is 1. The summed E-state index contributed by atoms with van der Waals surface area (Å²) in [4.78, 5) is 28.0. The molecule has 3 aliphatic heterocycles. The summed E-state index contributed by atoms with van der Waals surface area (Å²) in [7, 11) is -3.85. The van der Waals surface area contributed by atoms with E-state index < -0.39 is 33.6 Å². The summed E-state index contributed by atoms with van der Waals surface area (Å²) in [5.41, 5.74) is 1.99. The molecule has 1 N–H and O–H groups in total. The highest BCUT2D eigenvalue weighted by Gasteiger charge is 2.67. The zero-order valence-electron chi connectivity index (χ0n) is 18.7. The zero-order valence-corrected chi connectivity index (χ0v) is 19.6. The Kier molecular flexibility index (Phi) is 5.08. The van der Waals surface area contributed by atoms with Gasteiger partial charge < -0.3 is 4.74 Å². The van der Waals surface area contributed by atoms with Gasteiger partial charge in [-0.3, -0.25) is 14.5 Å². The quantitative estimate of drug-likeness (QED) is 0.521. The third-order valence-electron chi connectivity index (χ3n) is 6.84. The van der Waals surface area contributed by atoms with Gasteiger partial charge in [0.25, 0.3) is 0 Å². The monoisotopic (exact) mass is 466 g/mol. The standard InChI is InChI=1S/C25H26N2O5S/c1-15-11-16(2)22(17(3)12-15)33(30,31)26-14-25-10-9-19(32-25)20-21(25)24(29)27(23(20)28)13-18-7-5-4-6-8-18/h4-12,19-21,26H,13-14H2,1-3H3/t19-,20+,21+,25+/m0/s1. The largest absolute Gasteiger partial charge is 0.361 e. The lowest BCUT2D eigenvalue weighted by atomic mass is 9.77. The zero-order chi connectivity index (χ0) is 23.5. The van der Waals surface area contributed by atoms with Crippen LogP contribution in [0, 0.1) is 32.6 Å². The summed E-state index contributed by atoms with van der Waals surface area (Å²) >= 11 is 0. The van der Waals surface area contributed by atoms with Crippen molar-refractivity contribution in [2.24, 2.45) is 11.8 Å². The number of ether oxygens (including phenoxy) is 1. The number of hydrogen-bond donors (Lipinski definition) is 1. The van der Waals surface area contributed by atoms with Crippen LogP contribution in [0.4, 0.5) is 0 Å². The number of fused-ring (bicyclic) bond motifs is 5. The van der Waals surface area contributed by atoms with E-state index >= 15 is 0 Å². The molecule has 4 atom stereocenters. The van der Waals surface area contributed by atoms with Crippen LogP contribution in [0.1, 0.15) is 22.3 Å². The van der Waals surface area contributed by atoms with Crippen LogP contribution in [-0.4, -0.2) is 43.4 Å². The van der Waals surface area contributed by atoms with E-state index in [1.54, 1.807) is 26.0 Å². The molecule has 2 saturated heterocycles. The Bertz CT molecular complexity index is 1260. The molecule has 7 nitrogen and oxygen atoms in total. The van der Waals surface area contributed by atoms with Crippen molar-refractivity contribution in [3.05, 3.63) is 76.9 Å². The highest BCUT2D eigenvalue weighted by atomic mass is 32.2. The lowest BCUT2D eigenvalue weighted by Crippen LogP contribution is -2.48. The molecule has 2 bridgehead atoms. The molecule has 33 heavy (non-hydrogen) atoms. The fraction of sp³-hybridized carbons (Fsp3) is 0.360. The van der Waals surface area contributed by atoms with Gasteiger partial charge in [0.2, 0.25) is 21.8 Å². The first-order chi connectivity index (χ1) is 15.6. The molecule has 2 fully saturated rings. The molecule has 0 saturated carbocycles. The Labute approximate surface area is 193 Å². The first-order valence-corrected chi connectivity index (χ1v) is 12.5. The second-order valence-electron chi connectivity index (χ2n) is 9.20. The summed E-state index contributed by atoms with van der Waals surface area (Å²) in [6.07, 6.45) is 2.99.